The number of ether oxygens (including phenoxy) is 1. The number of hydrogen-bond acceptors (Lipinski definition) is 6. The first-order valence-corrected chi connectivity index (χ1v) is 11.0. The molecule has 33 heavy (non-hydrogen) atoms. The molecule has 0 saturated heterocycles. The minimum Gasteiger partial charge on any atom is -0.462 e. The third-order valence-electron chi connectivity index (χ3n) is 5.89. The van der Waals surface area contributed by atoms with Gasteiger partial charge >= 0.3 is 5.97 Å². The van der Waals surface area contributed by atoms with Crippen LogP contribution in [0.2, 0.25) is 0 Å². The highest BCUT2D eigenvalue weighted by molar-refractivity contribution is 6.05. The summed E-state index contributed by atoms with van der Waals surface area (Å²) in [5.74, 6) is -0.383. The second-order valence-corrected chi connectivity index (χ2v) is 7.90. The summed E-state index contributed by atoms with van der Waals surface area (Å²) in [7, 11) is 0. The van der Waals surface area contributed by atoms with Crippen LogP contribution in [0.5, 0.6) is 0 Å². The SMILES string of the molecule is CCOC(=O)c1ccc(-n2c3nc4ccccc4nc3c3c(=O)n(C(C)CC)cnc32)cc1. The number of carbonyl (C=O) groups is 1. The lowest BCUT2D eigenvalue weighted by Crippen LogP contribution is -2.23. The first kappa shape index (κ1) is 20.8. The van der Waals surface area contributed by atoms with Gasteiger partial charge in [-0.15, -0.1) is 0 Å². The first-order chi connectivity index (χ1) is 16.0. The van der Waals surface area contributed by atoms with Crippen molar-refractivity contribution in [2.75, 3.05) is 6.61 Å². The van der Waals surface area contributed by atoms with Gasteiger partial charge in [0.05, 0.1) is 23.2 Å². The fraction of sp³-hybridized carbons (Fsp3) is 0.240. The topological polar surface area (TPSA) is 91.9 Å². The molecule has 166 valence electrons. The molecule has 0 fully saturated rings. The Morgan fingerprint density at radius 3 is 2.36 bits per heavy atom. The summed E-state index contributed by atoms with van der Waals surface area (Å²) in [5, 5.41) is 0.431. The Kier molecular flexibility index (Phi) is 5.12. The van der Waals surface area contributed by atoms with Crippen molar-refractivity contribution < 1.29 is 9.53 Å². The molecule has 0 amide bonds. The van der Waals surface area contributed by atoms with E-state index in [1.165, 1.54) is 0 Å². The van der Waals surface area contributed by atoms with Gasteiger partial charge in [0, 0.05) is 11.7 Å². The Labute approximate surface area is 189 Å². The number of carbonyl (C=O) groups excluding carboxylic acids is 1. The van der Waals surface area contributed by atoms with Gasteiger partial charge in [0.25, 0.3) is 5.56 Å². The Morgan fingerprint density at radius 2 is 1.70 bits per heavy atom. The van der Waals surface area contributed by atoms with Crippen molar-refractivity contribution in [2.24, 2.45) is 0 Å². The molecule has 3 heterocycles. The summed E-state index contributed by atoms with van der Waals surface area (Å²) in [6.07, 6.45) is 2.39. The summed E-state index contributed by atoms with van der Waals surface area (Å²) >= 11 is 0. The predicted molar refractivity (Wildman–Crippen MR) is 127 cm³/mol. The molecule has 0 N–H and O–H groups in total. The number of rotatable bonds is 5. The molecule has 5 rings (SSSR count). The highest BCUT2D eigenvalue weighted by Gasteiger charge is 2.22. The zero-order valence-corrected chi connectivity index (χ0v) is 18.6. The molecule has 0 spiro atoms. The lowest BCUT2D eigenvalue weighted by Gasteiger charge is -2.12. The largest absolute Gasteiger partial charge is 0.462 e. The Hall–Kier alpha value is -4.07. The van der Waals surface area contributed by atoms with E-state index < -0.39 is 0 Å². The lowest BCUT2D eigenvalue weighted by atomic mass is 10.2. The first-order valence-electron chi connectivity index (χ1n) is 11.0. The van der Waals surface area contributed by atoms with Crippen molar-refractivity contribution in [1.82, 2.24) is 24.1 Å². The van der Waals surface area contributed by atoms with E-state index in [1.807, 2.05) is 42.7 Å². The Bertz CT molecular complexity index is 1570. The monoisotopic (exact) mass is 441 g/mol. The number of nitrogens with zero attached hydrogens (tertiary/aromatic N) is 5. The Balaban J connectivity index is 1.83. The zero-order chi connectivity index (χ0) is 23.1. The van der Waals surface area contributed by atoms with Gasteiger partial charge in [0.1, 0.15) is 17.2 Å². The summed E-state index contributed by atoms with van der Waals surface area (Å²) in [5.41, 5.74) is 3.98. The van der Waals surface area contributed by atoms with E-state index in [-0.39, 0.29) is 17.6 Å². The molecule has 0 aliphatic carbocycles. The van der Waals surface area contributed by atoms with E-state index in [4.69, 9.17) is 14.7 Å². The molecule has 1 atom stereocenters. The van der Waals surface area contributed by atoms with Crippen molar-refractivity contribution in [3.63, 3.8) is 0 Å². The minimum atomic E-state index is -0.383. The average molecular weight is 441 g/mol. The van der Waals surface area contributed by atoms with E-state index in [9.17, 15) is 9.59 Å². The zero-order valence-electron chi connectivity index (χ0n) is 18.6. The van der Waals surface area contributed by atoms with Crippen LogP contribution in [-0.2, 0) is 4.74 Å². The minimum absolute atomic E-state index is 0.00470. The lowest BCUT2D eigenvalue weighted by molar-refractivity contribution is 0.0526. The van der Waals surface area contributed by atoms with Gasteiger partial charge < -0.3 is 4.74 Å². The normalized spacial score (nSPS) is 12.5. The number of hydrogen-bond donors (Lipinski definition) is 0. The molecular formula is C25H23N5O3. The van der Waals surface area contributed by atoms with Gasteiger partial charge in [0.15, 0.2) is 11.3 Å². The maximum Gasteiger partial charge on any atom is 0.338 e. The summed E-state index contributed by atoms with van der Waals surface area (Å²) in [6.45, 7) is 6.10. The van der Waals surface area contributed by atoms with E-state index in [2.05, 4.69) is 4.98 Å². The van der Waals surface area contributed by atoms with Crippen LogP contribution in [0.15, 0.2) is 59.7 Å². The second-order valence-electron chi connectivity index (χ2n) is 7.90. The molecule has 0 aliphatic rings. The van der Waals surface area contributed by atoms with Crippen molar-refractivity contribution in [3.8, 4) is 5.69 Å². The quantitative estimate of drug-likeness (QED) is 0.375. The highest BCUT2D eigenvalue weighted by Crippen LogP contribution is 2.28. The summed E-state index contributed by atoms with van der Waals surface area (Å²) in [6, 6.07) is 14.5. The standard InChI is InChI=1S/C25H23N5O3/c1-4-15(3)29-14-26-22-20(24(29)31)21-23(28-19-9-7-6-8-18(19)27-21)30(22)17-12-10-16(11-13-17)25(32)33-5-2/h6-15H,4-5H2,1-3H3. The summed E-state index contributed by atoms with van der Waals surface area (Å²) in [4.78, 5) is 39.9. The number of fused-ring (bicyclic) bond motifs is 4. The molecule has 2 aromatic carbocycles. The molecule has 8 nitrogen and oxygen atoms in total. The molecule has 1 unspecified atom stereocenters. The molecular weight excluding hydrogens is 418 g/mol. The van der Waals surface area contributed by atoms with Crippen LogP contribution in [0.4, 0.5) is 0 Å². The van der Waals surface area contributed by atoms with Crippen LogP contribution >= 0.6 is 0 Å². The van der Waals surface area contributed by atoms with Gasteiger partial charge in [-0.05, 0) is 56.7 Å². The van der Waals surface area contributed by atoms with Gasteiger partial charge in [-0.1, -0.05) is 19.1 Å². The van der Waals surface area contributed by atoms with E-state index in [0.717, 1.165) is 17.6 Å². The van der Waals surface area contributed by atoms with Crippen LogP contribution in [-0.4, -0.2) is 36.7 Å². The predicted octanol–water partition coefficient (Wildman–Crippen LogP) is 4.43. The van der Waals surface area contributed by atoms with Crippen molar-refractivity contribution >= 4 is 39.2 Å². The number of aromatic nitrogens is 5. The molecule has 8 heteroatoms. The Morgan fingerprint density at radius 1 is 1.00 bits per heavy atom. The fourth-order valence-corrected chi connectivity index (χ4v) is 3.97. The van der Waals surface area contributed by atoms with E-state index in [1.54, 1.807) is 42.1 Å². The maximum atomic E-state index is 13.5. The molecule has 3 aromatic heterocycles. The number of benzene rings is 2. The van der Waals surface area contributed by atoms with Crippen LogP contribution in [0.3, 0.4) is 0 Å². The highest BCUT2D eigenvalue weighted by atomic mass is 16.5. The third-order valence-corrected chi connectivity index (χ3v) is 5.89. The number of esters is 1. The maximum absolute atomic E-state index is 13.5. The number of para-hydroxylation sites is 2. The van der Waals surface area contributed by atoms with Crippen molar-refractivity contribution in [1.29, 1.82) is 0 Å². The van der Waals surface area contributed by atoms with Crippen LogP contribution in [0.25, 0.3) is 38.9 Å². The second kappa shape index (κ2) is 8.12. The van der Waals surface area contributed by atoms with Crippen LogP contribution < -0.4 is 5.56 Å². The van der Waals surface area contributed by atoms with Gasteiger partial charge in [-0.3, -0.25) is 13.9 Å². The molecule has 0 aliphatic heterocycles. The van der Waals surface area contributed by atoms with Crippen molar-refractivity contribution in [2.45, 2.75) is 33.2 Å². The smallest absolute Gasteiger partial charge is 0.338 e. The fourth-order valence-electron chi connectivity index (χ4n) is 3.97. The van der Waals surface area contributed by atoms with Gasteiger partial charge in [-0.2, -0.15) is 0 Å². The molecule has 0 saturated carbocycles. The van der Waals surface area contributed by atoms with Crippen molar-refractivity contribution in [3.05, 3.63) is 70.8 Å². The third kappa shape index (κ3) is 3.34. The average Bonchev–Trinajstić information content (AvgIpc) is 3.16. The molecule has 0 bridgehead atoms. The molecule has 5 aromatic rings. The van der Waals surface area contributed by atoms with Gasteiger partial charge in [0.2, 0.25) is 0 Å². The van der Waals surface area contributed by atoms with Crippen LogP contribution in [0.1, 0.15) is 43.6 Å². The van der Waals surface area contributed by atoms with Gasteiger partial charge in [-0.25, -0.2) is 19.7 Å². The molecule has 0 radical (unpaired) electrons. The van der Waals surface area contributed by atoms with E-state index in [0.29, 0.717) is 39.9 Å². The summed E-state index contributed by atoms with van der Waals surface area (Å²) < 4.78 is 8.55. The van der Waals surface area contributed by atoms with Crippen LogP contribution in [0, 0.1) is 0 Å². The van der Waals surface area contributed by atoms with E-state index >= 15 is 0 Å².